The Balaban J connectivity index is 2.23. The Kier molecular flexibility index (Phi) is 3.82. The van der Waals surface area contributed by atoms with Gasteiger partial charge in [0.05, 0.1) is 10.2 Å². The third-order valence-corrected chi connectivity index (χ3v) is 3.63. The number of hydrogen-bond acceptors (Lipinski definition) is 4. The van der Waals surface area contributed by atoms with Crippen molar-refractivity contribution in [2.45, 2.75) is 33.3 Å². The van der Waals surface area contributed by atoms with Gasteiger partial charge in [0.2, 0.25) is 0 Å². The van der Waals surface area contributed by atoms with Gasteiger partial charge in [-0.15, -0.1) is 0 Å². The van der Waals surface area contributed by atoms with Crippen molar-refractivity contribution in [3.8, 4) is 0 Å². The number of halogens is 1. The van der Waals surface area contributed by atoms with Crippen LogP contribution in [-0.2, 0) is 4.74 Å². The molecule has 4 nitrogen and oxygen atoms in total. The molecule has 19 heavy (non-hydrogen) atoms. The molecule has 0 unspecified atom stereocenters. The van der Waals surface area contributed by atoms with Crippen LogP contribution in [0.25, 0.3) is 10.2 Å². The van der Waals surface area contributed by atoms with Crippen molar-refractivity contribution in [3.63, 3.8) is 0 Å². The van der Waals surface area contributed by atoms with Gasteiger partial charge >= 0.3 is 6.09 Å². The largest absolute Gasteiger partial charge is 0.444 e. The minimum absolute atomic E-state index is 0.483. The topological polar surface area (TPSA) is 51.2 Å². The van der Waals surface area contributed by atoms with E-state index in [0.717, 1.165) is 20.3 Å². The number of nitrogens with zero attached hydrogens (tertiary/aromatic N) is 1. The molecule has 0 saturated heterocycles. The highest BCUT2D eigenvalue weighted by atomic mass is 79.9. The molecule has 0 spiro atoms. The van der Waals surface area contributed by atoms with Gasteiger partial charge in [-0.2, -0.15) is 0 Å². The van der Waals surface area contributed by atoms with Gasteiger partial charge < -0.3 is 4.74 Å². The van der Waals surface area contributed by atoms with Gasteiger partial charge in [-0.25, -0.2) is 9.78 Å². The van der Waals surface area contributed by atoms with E-state index >= 15 is 0 Å². The molecule has 1 amide bonds. The monoisotopic (exact) mass is 342 g/mol. The van der Waals surface area contributed by atoms with Crippen molar-refractivity contribution in [3.05, 3.63) is 22.2 Å². The summed E-state index contributed by atoms with van der Waals surface area (Å²) in [5.41, 5.74) is 1.46. The second kappa shape index (κ2) is 5.09. The van der Waals surface area contributed by atoms with E-state index in [0.29, 0.717) is 5.13 Å². The second-order valence-corrected chi connectivity index (χ2v) is 7.16. The van der Waals surface area contributed by atoms with Crippen LogP contribution in [0, 0.1) is 6.92 Å². The van der Waals surface area contributed by atoms with Crippen LogP contribution in [0.4, 0.5) is 9.93 Å². The first-order chi connectivity index (χ1) is 8.74. The minimum atomic E-state index is -0.514. The zero-order chi connectivity index (χ0) is 14.2. The van der Waals surface area contributed by atoms with Gasteiger partial charge in [-0.05, 0) is 45.4 Å². The molecule has 6 heteroatoms. The number of amides is 1. The first kappa shape index (κ1) is 14.3. The van der Waals surface area contributed by atoms with E-state index in [-0.39, 0.29) is 0 Å². The van der Waals surface area contributed by atoms with Crippen LogP contribution in [0.1, 0.15) is 26.3 Å². The van der Waals surface area contributed by atoms with Crippen molar-refractivity contribution in [2.75, 3.05) is 5.32 Å². The van der Waals surface area contributed by atoms with Crippen molar-refractivity contribution in [1.29, 1.82) is 0 Å². The molecule has 1 heterocycles. The Labute approximate surface area is 124 Å². The zero-order valence-electron chi connectivity index (χ0n) is 11.2. The van der Waals surface area contributed by atoms with Crippen molar-refractivity contribution >= 4 is 48.7 Å². The number of benzene rings is 1. The van der Waals surface area contributed by atoms with Crippen LogP contribution in [0.15, 0.2) is 16.6 Å². The summed E-state index contributed by atoms with van der Waals surface area (Å²) >= 11 is 4.88. The van der Waals surface area contributed by atoms with Crippen LogP contribution < -0.4 is 5.32 Å². The number of anilines is 1. The Bertz CT molecular complexity index is 631. The average molecular weight is 343 g/mol. The molecule has 0 aliphatic rings. The molecule has 0 aliphatic carbocycles. The quantitative estimate of drug-likeness (QED) is 0.815. The van der Waals surface area contributed by atoms with Crippen LogP contribution in [0.5, 0.6) is 0 Å². The molecule has 2 aromatic rings. The fourth-order valence-corrected chi connectivity index (χ4v) is 3.29. The number of aryl methyl sites for hydroxylation is 1. The van der Waals surface area contributed by atoms with Crippen LogP contribution >= 0.6 is 27.3 Å². The maximum absolute atomic E-state index is 11.7. The maximum atomic E-state index is 11.7. The SMILES string of the molecule is Cc1cc(Br)cc2sc(NC(=O)OC(C)(C)C)nc12. The third kappa shape index (κ3) is 3.67. The normalized spacial score (nSPS) is 11.6. The molecule has 0 saturated carbocycles. The molecule has 0 radical (unpaired) electrons. The van der Waals surface area contributed by atoms with Gasteiger partial charge in [0.15, 0.2) is 5.13 Å². The summed E-state index contributed by atoms with van der Waals surface area (Å²) in [4.78, 5) is 16.1. The zero-order valence-corrected chi connectivity index (χ0v) is 13.6. The molecule has 0 aliphatic heterocycles. The first-order valence-corrected chi connectivity index (χ1v) is 7.42. The number of rotatable bonds is 1. The smallest absolute Gasteiger partial charge is 0.413 e. The Hall–Kier alpha value is -1.14. The molecule has 0 bridgehead atoms. The predicted octanol–water partition coefficient (Wildman–Crippen LogP) is 4.71. The maximum Gasteiger partial charge on any atom is 0.413 e. The summed E-state index contributed by atoms with van der Waals surface area (Å²) in [7, 11) is 0. The predicted molar refractivity (Wildman–Crippen MR) is 81.9 cm³/mol. The molecule has 1 aromatic heterocycles. The Morgan fingerprint density at radius 2 is 2.11 bits per heavy atom. The standard InChI is InChI=1S/C13H15BrN2O2S/c1-7-5-8(14)6-9-10(7)15-11(19-9)16-12(17)18-13(2,3)4/h5-6H,1-4H3,(H,15,16,17). The molecular weight excluding hydrogens is 328 g/mol. The fourth-order valence-electron chi connectivity index (χ4n) is 1.60. The van der Waals surface area contributed by atoms with Gasteiger partial charge in [-0.3, -0.25) is 5.32 Å². The summed E-state index contributed by atoms with van der Waals surface area (Å²) < 4.78 is 7.23. The first-order valence-electron chi connectivity index (χ1n) is 5.81. The number of thiazole rings is 1. The summed E-state index contributed by atoms with van der Waals surface area (Å²) in [5.74, 6) is 0. The highest BCUT2D eigenvalue weighted by Gasteiger charge is 2.17. The Morgan fingerprint density at radius 1 is 1.42 bits per heavy atom. The second-order valence-electron chi connectivity index (χ2n) is 5.22. The van der Waals surface area contributed by atoms with Crippen molar-refractivity contribution in [1.82, 2.24) is 4.98 Å². The molecular formula is C13H15BrN2O2S. The number of aromatic nitrogens is 1. The number of fused-ring (bicyclic) bond motifs is 1. The number of carbonyl (C=O) groups excluding carboxylic acids is 1. The third-order valence-electron chi connectivity index (χ3n) is 2.26. The van der Waals surface area contributed by atoms with E-state index in [4.69, 9.17) is 4.74 Å². The van der Waals surface area contributed by atoms with Gasteiger partial charge in [0.1, 0.15) is 5.60 Å². The van der Waals surface area contributed by atoms with E-state index in [1.807, 2.05) is 39.8 Å². The average Bonchev–Trinajstić information content (AvgIpc) is 2.56. The van der Waals surface area contributed by atoms with Crippen LogP contribution in [-0.4, -0.2) is 16.7 Å². The molecule has 102 valence electrons. The lowest BCUT2D eigenvalue weighted by Crippen LogP contribution is -2.27. The molecule has 0 atom stereocenters. The summed E-state index contributed by atoms with van der Waals surface area (Å²) in [6, 6.07) is 3.99. The van der Waals surface area contributed by atoms with E-state index in [2.05, 4.69) is 26.2 Å². The lowest BCUT2D eigenvalue weighted by atomic mass is 10.2. The number of ether oxygens (including phenoxy) is 1. The van der Waals surface area contributed by atoms with E-state index in [1.165, 1.54) is 11.3 Å². The van der Waals surface area contributed by atoms with Crippen molar-refractivity contribution in [2.24, 2.45) is 0 Å². The van der Waals surface area contributed by atoms with Crippen molar-refractivity contribution < 1.29 is 9.53 Å². The highest BCUT2D eigenvalue weighted by Crippen LogP contribution is 2.31. The van der Waals surface area contributed by atoms with Gasteiger partial charge in [0.25, 0.3) is 0 Å². The van der Waals surface area contributed by atoms with Gasteiger partial charge in [0, 0.05) is 4.47 Å². The number of nitrogens with one attached hydrogen (secondary N) is 1. The van der Waals surface area contributed by atoms with Crippen LogP contribution in [0.2, 0.25) is 0 Å². The molecule has 2 rings (SSSR count). The minimum Gasteiger partial charge on any atom is -0.444 e. The summed E-state index contributed by atoms with van der Waals surface area (Å²) in [5, 5.41) is 3.21. The highest BCUT2D eigenvalue weighted by molar-refractivity contribution is 9.10. The van der Waals surface area contributed by atoms with E-state index in [9.17, 15) is 4.79 Å². The Morgan fingerprint density at radius 3 is 2.74 bits per heavy atom. The lowest BCUT2D eigenvalue weighted by molar-refractivity contribution is 0.0636. The summed E-state index contributed by atoms with van der Waals surface area (Å²) in [6.07, 6.45) is -0.483. The molecule has 1 N–H and O–H groups in total. The number of hydrogen-bond donors (Lipinski definition) is 1. The number of carbonyl (C=O) groups is 1. The molecule has 1 aromatic carbocycles. The van der Waals surface area contributed by atoms with E-state index in [1.54, 1.807) is 0 Å². The van der Waals surface area contributed by atoms with Gasteiger partial charge in [-0.1, -0.05) is 27.3 Å². The van der Waals surface area contributed by atoms with Crippen LogP contribution in [0.3, 0.4) is 0 Å². The van der Waals surface area contributed by atoms with E-state index < -0.39 is 11.7 Å². The molecule has 0 fully saturated rings. The summed E-state index contributed by atoms with van der Waals surface area (Å²) in [6.45, 7) is 7.47. The fraction of sp³-hybridized carbons (Fsp3) is 0.385. The lowest BCUT2D eigenvalue weighted by Gasteiger charge is -2.18.